The molecule has 0 aliphatic heterocycles. The van der Waals surface area contributed by atoms with Crippen molar-refractivity contribution in [1.82, 2.24) is 4.98 Å². The first-order valence-electron chi connectivity index (χ1n) is 6.20. The molecule has 1 aromatic carbocycles. The summed E-state index contributed by atoms with van der Waals surface area (Å²) in [6, 6.07) is 6.45. The van der Waals surface area contributed by atoms with Gasteiger partial charge >= 0.3 is 13.2 Å². The molecule has 9 heteroatoms. The number of nitrogens with zero attached hydrogens (tertiary/aromatic N) is 1. The van der Waals surface area contributed by atoms with Crippen LogP contribution < -0.4 is 9.47 Å². The molecule has 1 N–H and O–H groups in total. The Kier molecular flexibility index (Phi) is 5.78. The highest BCUT2D eigenvalue weighted by atomic mass is 79.9. The first kappa shape index (κ1) is 17.5. The minimum Gasteiger partial charge on any atom is -0.431 e. The summed E-state index contributed by atoms with van der Waals surface area (Å²) in [6.07, 6.45) is 0.183. The predicted octanol–water partition coefficient (Wildman–Crippen LogP) is 4.13. The Balaban J connectivity index is 2.33. The summed E-state index contributed by atoms with van der Waals surface area (Å²) in [5.41, 5.74) is 0.546. The van der Waals surface area contributed by atoms with Gasteiger partial charge < -0.3 is 14.6 Å². The summed E-state index contributed by atoms with van der Waals surface area (Å²) in [5.74, 6) is -1.15. The van der Waals surface area contributed by atoms with Crippen LogP contribution in [0, 0.1) is 0 Å². The minimum atomic E-state index is -3.23. The van der Waals surface area contributed by atoms with Crippen LogP contribution in [-0.2, 0) is 0 Å². The van der Waals surface area contributed by atoms with Crippen LogP contribution in [0.5, 0.6) is 11.5 Å². The Hall–Kier alpha value is -1.87. The number of alkyl halides is 4. The zero-order valence-electron chi connectivity index (χ0n) is 11.3. The van der Waals surface area contributed by atoms with Crippen LogP contribution in [0.25, 0.3) is 0 Å². The van der Waals surface area contributed by atoms with Crippen molar-refractivity contribution in [2.24, 2.45) is 0 Å². The molecule has 0 bridgehead atoms. The number of hydrogen-bond donors (Lipinski definition) is 1. The van der Waals surface area contributed by atoms with Gasteiger partial charge in [0.05, 0.1) is 0 Å². The molecular weight excluding hydrogens is 386 g/mol. The molecule has 1 aromatic heterocycles. The second kappa shape index (κ2) is 7.60. The molecule has 4 nitrogen and oxygen atoms in total. The fourth-order valence-electron chi connectivity index (χ4n) is 1.82. The van der Waals surface area contributed by atoms with Crippen LogP contribution in [0.15, 0.2) is 41.1 Å². The van der Waals surface area contributed by atoms with Crippen molar-refractivity contribution in [3.63, 3.8) is 0 Å². The maximum absolute atomic E-state index is 12.4. The number of benzene rings is 1. The summed E-state index contributed by atoms with van der Waals surface area (Å²) in [7, 11) is 0. The summed E-state index contributed by atoms with van der Waals surface area (Å²) >= 11 is 3.14. The van der Waals surface area contributed by atoms with Crippen LogP contribution in [0.2, 0.25) is 0 Å². The van der Waals surface area contributed by atoms with Gasteiger partial charge in [-0.05, 0) is 39.7 Å². The van der Waals surface area contributed by atoms with Gasteiger partial charge in [0.2, 0.25) is 0 Å². The third-order valence-electron chi connectivity index (χ3n) is 2.78. The van der Waals surface area contributed by atoms with Crippen molar-refractivity contribution in [2.75, 3.05) is 0 Å². The average molecular weight is 396 g/mol. The maximum atomic E-state index is 12.4. The molecule has 2 aromatic rings. The van der Waals surface area contributed by atoms with E-state index in [4.69, 9.17) is 0 Å². The van der Waals surface area contributed by atoms with Crippen molar-refractivity contribution in [1.29, 1.82) is 0 Å². The molecule has 0 saturated carbocycles. The van der Waals surface area contributed by atoms with E-state index in [1.54, 1.807) is 12.1 Å². The molecule has 23 heavy (non-hydrogen) atoms. The van der Waals surface area contributed by atoms with E-state index in [9.17, 15) is 22.7 Å². The second-order valence-corrected chi connectivity index (χ2v) is 5.09. The molecule has 0 aliphatic carbocycles. The standard InChI is InChI=1S/C14H10BrF4NO3/c15-11-4-2-8(6-20-11)12(21)7-1-3-9(22-13(16)17)10(5-7)23-14(18)19/h1-6,12-14,21H/t12-/m0/s1. The number of aliphatic hydroxyl groups is 1. The molecule has 0 radical (unpaired) electrons. The van der Waals surface area contributed by atoms with Gasteiger partial charge in [-0.2, -0.15) is 17.6 Å². The van der Waals surface area contributed by atoms with E-state index in [0.717, 1.165) is 12.1 Å². The molecule has 0 spiro atoms. The van der Waals surface area contributed by atoms with Gasteiger partial charge in [0.1, 0.15) is 10.7 Å². The Morgan fingerprint density at radius 3 is 2.09 bits per heavy atom. The largest absolute Gasteiger partial charge is 0.431 e. The zero-order chi connectivity index (χ0) is 17.0. The lowest BCUT2D eigenvalue weighted by molar-refractivity contribution is -0.0693. The lowest BCUT2D eigenvalue weighted by Gasteiger charge is -2.16. The Bertz CT molecular complexity index is 655. The fourth-order valence-corrected chi connectivity index (χ4v) is 2.05. The van der Waals surface area contributed by atoms with Crippen molar-refractivity contribution in [3.05, 3.63) is 52.3 Å². The second-order valence-electron chi connectivity index (χ2n) is 4.28. The van der Waals surface area contributed by atoms with Gasteiger partial charge in [0.25, 0.3) is 0 Å². The number of aliphatic hydroxyl groups excluding tert-OH is 1. The van der Waals surface area contributed by atoms with E-state index in [0.29, 0.717) is 10.2 Å². The van der Waals surface area contributed by atoms with E-state index in [-0.39, 0.29) is 5.56 Å². The number of aromatic nitrogens is 1. The van der Waals surface area contributed by atoms with Crippen molar-refractivity contribution >= 4 is 15.9 Å². The molecular formula is C14H10BrF4NO3. The first-order chi connectivity index (χ1) is 10.9. The Labute approximate surface area is 136 Å². The summed E-state index contributed by atoms with van der Waals surface area (Å²) in [6.45, 7) is -6.42. The van der Waals surface area contributed by atoms with E-state index in [2.05, 4.69) is 30.4 Å². The topological polar surface area (TPSA) is 51.6 Å². The Morgan fingerprint density at radius 2 is 1.52 bits per heavy atom. The van der Waals surface area contributed by atoms with Crippen molar-refractivity contribution in [3.8, 4) is 11.5 Å². The van der Waals surface area contributed by atoms with Crippen molar-refractivity contribution < 1.29 is 32.1 Å². The molecule has 1 heterocycles. The Morgan fingerprint density at radius 1 is 0.913 bits per heavy atom. The lowest BCUT2D eigenvalue weighted by Crippen LogP contribution is -2.09. The summed E-state index contributed by atoms with van der Waals surface area (Å²) in [4.78, 5) is 3.93. The van der Waals surface area contributed by atoms with Gasteiger partial charge in [0.15, 0.2) is 11.5 Å². The molecule has 0 aliphatic rings. The number of pyridine rings is 1. The average Bonchev–Trinajstić information content (AvgIpc) is 2.48. The number of halogens is 5. The van der Waals surface area contributed by atoms with E-state index in [1.807, 2.05) is 0 Å². The third kappa shape index (κ3) is 4.80. The predicted molar refractivity (Wildman–Crippen MR) is 75.7 cm³/mol. The highest BCUT2D eigenvalue weighted by Crippen LogP contribution is 2.34. The van der Waals surface area contributed by atoms with Crippen LogP contribution in [0.1, 0.15) is 17.2 Å². The van der Waals surface area contributed by atoms with Gasteiger partial charge in [0, 0.05) is 11.8 Å². The van der Waals surface area contributed by atoms with Crippen molar-refractivity contribution in [2.45, 2.75) is 19.3 Å². The van der Waals surface area contributed by atoms with Crippen LogP contribution in [-0.4, -0.2) is 23.3 Å². The lowest BCUT2D eigenvalue weighted by atomic mass is 10.0. The van der Waals surface area contributed by atoms with Crippen LogP contribution in [0.3, 0.4) is 0 Å². The third-order valence-corrected chi connectivity index (χ3v) is 3.25. The zero-order valence-corrected chi connectivity index (χ0v) is 12.9. The normalized spacial score (nSPS) is 12.5. The SMILES string of the molecule is O[C@H](c1ccc(Br)nc1)c1ccc(OC(F)F)c(OC(F)F)c1. The highest BCUT2D eigenvalue weighted by molar-refractivity contribution is 9.10. The minimum absolute atomic E-state index is 0.159. The van der Waals surface area contributed by atoms with E-state index in [1.165, 1.54) is 12.3 Å². The van der Waals surface area contributed by atoms with Gasteiger partial charge in [-0.3, -0.25) is 0 Å². The highest BCUT2D eigenvalue weighted by Gasteiger charge is 2.18. The molecule has 2 rings (SSSR count). The number of ether oxygens (including phenoxy) is 2. The fraction of sp³-hybridized carbons (Fsp3) is 0.214. The van der Waals surface area contributed by atoms with Gasteiger partial charge in [-0.15, -0.1) is 0 Å². The molecule has 0 unspecified atom stereocenters. The molecule has 0 amide bonds. The monoisotopic (exact) mass is 395 g/mol. The number of rotatable bonds is 6. The summed E-state index contributed by atoms with van der Waals surface area (Å²) < 4.78 is 58.2. The smallest absolute Gasteiger partial charge is 0.387 e. The molecule has 0 fully saturated rings. The van der Waals surface area contributed by atoms with Gasteiger partial charge in [-0.1, -0.05) is 12.1 Å². The molecule has 1 atom stereocenters. The maximum Gasteiger partial charge on any atom is 0.387 e. The van der Waals surface area contributed by atoms with Crippen LogP contribution in [0.4, 0.5) is 17.6 Å². The molecule has 124 valence electrons. The number of hydrogen-bond acceptors (Lipinski definition) is 4. The van der Waals surface area contributed by atoms with Gasteiger partial charge in [-0.25, -0.2) is 4.98 Å². The first-order valence-corrected chi connectivity index (χ1v) is 6.99. The van der Waals surface area contributed by atoms with E-state index < -0.39 is 30.8 Å². The van der Waals surface area contributed by atoms with E-state index >= 15 is 0 Å². The summed E-state index contributed by atoms with van der Waals surface area (Å²) in [5, 5.41) is 10.2. The quantitative estimate of drug-likeness (QED) is 0.590. The molecule has 0 saturated heterocycles. The van der Waals surface area contributed by atoms with Crippen LogP contribution >= 0.6 is 15.9 Å².